The number of aliphatic carboxylic acids is 1. The molecule has 2 rings (SSSR count). The molecule has 2 aromatic rings. The highest BCUT2D eigenvalue weighted by Gasteiger charge is 2.08. The van der Waals surface area contributed by atoms with E-state index in [1.807, 2.05) is 16.8 Å². The van der Waals surface area contributed by atoms with Crippen LogP contribution in [0, 0.1) is 0 Å². The van der Waals surface area contributed by atoms with Crippen molar-refractivity contribution in [2.45, 2.75) is 6.54 Å². The maximum atomic E-state index is 12.0. The van der Waals surface area contributed by atoms with Gasteiger partial charge in [-0.15, -0.1) is 0 Å². The van der Waals surface area contributed by atoms with Crippen LogP contribution in [0.1, 0.15) is 21.5 Å². The van der Waals surface area contributed by atoms with Gasteiger partial charge in [-0.05, 0) is 46.2 Å². The molecule has 0 spiro atoms. The molecule has 0 saturated carbocycles. The van der Waals surface area contributed by atoms with Crippen LogP contribution in [-0.2, 0) is 11.3 Å². The number of carbonyl (C=O) groups is 2. The maximum absolute atomic E-state index is 12.0. The van der Waals surface area contributed by atoms with Crippen LogP contribution in [0.4, 0.5) is 0 Å². The van der Waals surface area contributed by atoms with Crippen LogP contribution >= 0.6 is 22.9 Å². The summed E-state index contributed by atoms with van der Waals surface area (Å²) >= 11 is 7.61. The molecule has 0 bridgehead atoms. The summed E-state index contributed by atoms with van der Waals surface area (Å²) in [6, 6.07) is 6.68. The first-order valence-corrected chi connectivity index (χ1v) is 7.38. The zero-order valence-electron chi connectivity index (χ0n) is 10.9. The number of hydrogen-bond donors (Lipinski definition) is 2. The number of hydrogen-bond acceptors (Lipinski definition) is 3. The molecule has 1 aromatic carbocycles. The van der Waals surface area contributed by atoms with Gasteiger partial charge < -0.3 is 10.4 Å². The lowest BCUT2D eigenvalue weighted by Crippen LogP contribution is -2.22. The SMILES string of the molecule is O=C(O)/C=C/c1ccc(C(=O)NCc2ccsc2)cc1Cl. The zero-order valence-corrected chi connectivity index (χ0v) is 12.4. The molecule has 0 aliphatic rings. The predicted octanol–water partition coefficient (Wildman–Crippen LogP) is 3.43. The Balaban J connectivity index is 2.05. The topological polar surface area (TPSA) is 66.4 Å². The molecule has 6 heteroatoms. The lowest BCUT2D eigenvalue weighted by molar-refractivity contribution is -0.131. The number of nitrogens with one attached hydrogen (secondary N) is 1. The lowest BCUT2D eigenvalue weighted by atomic mass is 10.1. The van der Waals surface area contributed by atoms with Gasteiger partial charge >= 0.3 is 5.97 Å². The molecule has 1 aromatic heterocycles. The fraction of sp³-hybridized carbons (Fsp3) is 0.0667. The molecule has 4 nitrogen and oxygen atoms in total. The van der Waals surface area contributed by atoms with Gasteiger partial charge in [-0.2, -0.15) is 11.3 Å². The smallest absolute Gasteiger partial charge is 0.328 e. The highest BCUT2D eigenvalue weighted by Crippen LogP contribution is 2.19. The maximum Gasteiger partial charge on any atom is 0.328 e. The van der Waals surface area contributed by atoms with Crippen LogP contribution in [0.3, 0.4) is 0 Å². The molecule has 21 heavy (non-hydrogen) atoms. The summed E-state index contributed by atoms with van der Waals surface area (Å²) in [7, 11) is 0. The second-order valence-corrected chi connectivity index (χ2v) is 5.41. The quantitative estimate of drug-likeness (QED) is 0.829. The van der Waals surface area contributed by atoms with Crippen LogP contribution in [0.5, 0.6) is 0 Å². The Bertz CT molecular complexity index is 680. The van der Waals surface area contributed by atoms with Crippen molar-refractivity contribution in [3.63, 3.8) is 0 Å². The second-order valence-electron chi connectivity index (χ2n) is 4.22. The molecule has 108 valence electrons. The lowest BCUT2D eigenvalue weighted by Gasteiger charge is -2.06. The van der Waals surface area contributed by atoms with E-state index >= 15 is 0 Å². The fourth-order valence-corrected chi connectivity index (χ4v) is 2.55. The molecule has 0 saturated heterocycles. The Labute approximate surface area is 130 Å². The molecule has 2 N–H and O–H groups in total. The number of halogens is 1. The van der Waals surface area contributed by atoms with E-state index < -0.39 is 5.97 Å². The summed E-state index contributed by atoms with van der Waals surface area (Å²) in [6.45, 7) is 0.459. The average molecular weight is 322 g/mol. The summed E-state index contributed by atoms with van der Waals surface area (Å²) < 4.78 is 0. The van der Waals surface area contributed by atoms with Crippen molar-refractivity contribution < 1.29 is 14.7 Å². The number of benzene rings is 1. The Morgan fingerprint density at radius 3 is 2.76 bits per heavy atom. The van der Waals surface area contributed by atoms with E-state index in [0.29, 0.717) is 22.7 Å². The third-order valence-electron chi connectivity index (χ3n) is 2.70. The Morgan fingerprint density at radius 1 is 1.33 bits per heavy atom. The van der Waals surface area contributed by atoms with Crippen molar-refractivity contribution >= 4 is 40.9 Å². The molecule has 0 aliphatic heterocycles. The van der Waals surface area contributed by atoms with E-state index in [1.165, 1.54) is 12.1 Å². The summed E-state index contributed by atoms with van der Waals surface area (Å²) in [4.78, 5) is 22.5. The summed E-state index contributed by atoms with van der Waals surface area (Å²) in [6.07, 6.45) is 2.38. The Kier molecular flexibility index (Phi) is 5.14. The van der Waals surface area contributed by atoms with Crippen LogP contribution in [0.25, 0.3) is 6.08 Å². The number of amides is 1. The molecule has 0 fully saturated rings. The number of rotatable bonds is 5. The first-order valence-electron chi connectivity index (χ1n) is 6.06. The van der Waals surface area contributed by atoms with Crippen LogP contribution in [0.2, 0.25) is 5.02 Å². The minimum absolute atomic E-state index is 0.225. The summed E-state index contributed by atoms with van der Waals surface area (Å²) in [5, 5.41) is 15.6. The van der Waals surface area contributed by atoms with Crippen molar-refractivity contribution in [2.75, 3.05) is 0 Å². The first-order chi connectivity index (χ1) is 10.1. The highest BCUT2D eigenvalue weighted by molar-refractivity contribution is 7.07. The van der Waals surface area contributed by atoms with E-state index in [9.17, 15) is 9.59 Å². The number of carboxylic acids is 1. The van der Waals surface area contributed by atoms with E-state index in [0.717, 1.165) is 11.6 Å². The fourth-order valence-electron chi connectivity index (χ4n) is 1.64. The van der Waals surface area contributed by atoms with Gasteiger partial charge in [-0.25, -0.2) is 4.79 Å². The molecular formula is C15H12ClNO3S. The van der Waals surface area contributed by atoms with Gasteiger partial charge in [0.05, 0.1) is 0 Å². The summed E-state index contributed by atoms with van der Waals surface area (Å²) in [5.74, 6) is -1.28. The predicted molar refractivity (Wildman–Crippen MR) is 83.6 cm³/mol. The molecule has 0 radical (unpaired) electrons. The zero-order chi connectivity index (χ0) is 15.2. The molecular weight excluding hydrogens is 310 g/mol. The van der Waals surface area contributed by atoms with Gasteiger partial charge in [0.15, 0.2) is 0 Å². The van der Waals surface area contributed by atoms with E-state index in [1.54, 1.807) is 23.5 Å². The van der Waals surface area contributed by atoms with E-state index in [-0.39, 0.29) is 5.91 Å². The molecule has 0 atom stereocenters. The van der Waals surface area contributed by atoms with Gasteiger partial charge in [0.25, 0.3) is 5.91 Å². The van der Waals surface area contributed by atoms with E-state index in [4.69, 9.17) is 16.7 Å². The number of carboxylic acid groups (broad SMARTS) is 1. The Morgan fingerprint density at radius 2 is 2.14 bits per heavy atom. The first kappa shape index (κ1) is 15.3. The van der Waals surface area contributed by atoms with Crippen LogP contribution in [-0.4, -0.2) is 17.0 Å². The number of carbonyl (C=O) groups excluding carboxylic acids is 1. The van der Waals surface area contributed by atoms with Crippen molar-refractivity contribution in [3.8, 4) is 0 Å². The highest BCUT2D eigenvalue weighted by atomic mass is 35.5. The van der Waals surface area contributed by atoms with Crippen molar-refractivity contribution in [3.05, 3.63) is 62.8 Å². The van der Waals surface area contributed by atoms with Gasteiger partial charge in [-0.1, -0.05) is 17.7 Å². The molecule has 0 unspecified atom stereocenters. The minimum Gasteiger partial charge on any atom is -0.478 e. The summed E-state index contributed by atoms with van der Waals surface area (Å²) in [5.41, 5.74) is 2.02. The third-order valence-corrected chi connectivity index (χ3v) is 3.76. The third kappa shape index (κ3) is 4.44. The van der Waals surface area contributed by atoms with Crippen LogP contribution < -0.4 is 5.32 Å². The Hall–Kier alpha value is -2.11. The standard InChI is InChI=1S/C15H12ClNO3S/c16-13-7-12(2-1-11(13)3-4-14(18)19)15(20)17-8-10-5-6-21-9-10/h1-7,9H,8H2,(H,17,20)(H,18,19)/b4-3+. The second kappa shape index (κ2) is 7.06. The average Bonchev–Trinajstić information content (AvgIpc) is 2.96. The van der Waals surface area contributed by atoms with Crippen molar-refractivity contribution in [1.82, 2.24) is 5.32 Å². The molecule has 0 aliphatic carbocycles. The van der Waals surface area contributed by atoms with Crippen molar-refractivity contribution in [1.29, 1.82) is 0 Å². The van der Waals surface area contributed by atoms with Crippen molar-refractivity contribution in [2.24, 2.45) is 0 Å². The monoisotopic (exact) mass is 321 g/mol. The van der Waals surface area contributed by atoms with Gasteiger partial charge in [0.1, 0.15) is 0 Å². The van der Waals surface area contributed by atoms with Crippen LogP contribution in [0.15, 0.2) is 41.1 Å². The number of thiophene rings is 1. The van der Waals surface area contributed by atoms with E-state index in [2.05, 4.69) is 5.32 Å². The minimum atomic E-state index is -1.05. The molecule has 1 amide bonds. The largest absolute Gasteiger partial charge is 0.478 e. The normalized spacial score (nSPS) is 10.7. The van der Waals surface area contributed by atoms with Gasteiger partial charge in [0, 0.05) is 23.2 Å². The van der Waals surface area contributed by atoms with Gasteiger partial charge in [0.2, 0.25) is 0 Å². The van der Waals surface area contributed by atoms with Gasteiger partial charge in [-0.3, -0.25) is 4.79 Å². The molecule has 1 heterocycles.